The van der Waals surface area contributed by atoms with Crippen LogP contribution in [0.15, 0.2) is 47.4 Å². The number of anilines is 1. The molecule has 0 aromatic heterocycles. The van der Waals surface area contributed by atoms with Gasteiger partial charge in [0.15, 0.2) is 0 Å². The molecule has 1 amide bonds. The van der Waals surface area contributed by atoms with Crippen LogP contribution in [-0.4, -0.2) is 17.1 Å². The van der Waals surface area contributed by atoms with Crippen molar-refractivity contribution in [3.05, 3.63) is 63.2 Å². The summed E-state index contributed by atoms with van der Waals surface area (Å²) in [7, 11) is 0. The summed E-state index contributed by atoms with van der Waals surface area (Å²) in [4.78, 5) is 23.2. The minimum absolute atomic E-state index is 0.0442. The van der Waals surface area contributed by atoms with E-state index in [4.69, 9.17) is 11.6 Å². The zero-order valence-electron chi connectivity index (χ0n) is 11.0. The molecule has 0 atom stereocenters. The highest BCUT2D eigenvalue weighted by molar-refractivity contribution is 7.98. The van der Waals surface area contributed by atoms with E-state index in [1.807, 2.05) is 24.5 Å². The van der Waals surface area contributed by atoms with Gasteiger partial charge in [-0.15, -0.1) is 11.8 Å². The number of nitrogens with zero attached hydrogens (tertiary/aromatic N) is 1. The molecule has 1 N–H and O–H groups in total. The summed E-state index contributed by atoms with van der Waals surface area (Å²) in [5.41, 5.74) is 0.680. The summed E-state index contributed by atoms with van der Waals surface area (Å²) in [5, 5.41) is 13.4. The van der Waals surface area contributed by atoms with Crippen molar-refractivity contribution in [2.45, 2.75) is 4.90 Å². The summed E-state index contributed by atoms with van der Waals surface area (Å²) in [6, 6.07) is 11.1. The van der Waals surface area contributed by atoms with Crippen molar-refractivity contribution in [1.29, 1.82) is 0 Å². The van der Waals surface area contributed by atoms with Gasteiger partial charge in [0.05, 0.1) is 15.5 Å². The van der Waals surface area contributed by atoms with E-state index in [0.29, 0.717) is 5.69 Å². The van der Waals surface area contributed by atoms with Gasteiger partial charge in [-0.3, -0.25) is 14.9 Å². The van der Waals surface area contributed by atoms with E-state index in [9.17, 15) is 14.9 Å². The van der Waals surface area contributed by atoms with E-state index in [0.717, 1.165) is 11.0 Å². The van der Waals surface area contributed by atoms with Crippen LogP contribution in [-0.2, 0) is 0 Å². The van der Waals surface area contributed by atoms with Crippen LogP contribution in [0.25, 0.3) is 0 Å². The molecule has 0 aliphatic heterocycles. The van der Waals surface area contributed by atoms with Gasteiger partial charge in [0, 0.05) is 22.7 Å². The van der Waals surface area contributed by atoms with Gasteiger partial charge in [-0.2, -0.15) is 0 Å². The maximum Gasteiger partial charge on any atom is 0.270 e. The third kappa shape index (κ3) is 3.74. The predicted molar refractivity (Wildman–Crippen MR) is 84.3 cm³/mol. The molecule has 0 heterocycles. The molecule has 5 nitrogen and oxygen atoms in total. The number of thioether (sulfide) groups is 1. The molecule has 0 fully saturated rings. The fraction of sp³-hybridized carbons (Fsp3) is 0.0714. The zero-order valence-corrected chi connectivity index (χ0v) is 12.6. The number of nitro groups is 1. The lowest BCUT2D eigenvalue weighted by Gasteiger charge is -2.07. The molecule has 2 aromatic rings. The summed E-state index contributed by atoms with van der Waals surface area (Å²) < 4.78 is 0. The van der Waals surface area contributed by atoms with Crippen LogP contribution in [0, 0.1) is 10.1 Å². The molecular formula is C14H11ClN2O3S. The van der Waals surface area contributed by atoms with Gasteiger partial charge in [-0.05, 0) is 30.5 Å². The maximum atomic E-state index is 12.1. The first-order chi connectivity index (χ1) is 10.0. The second kappa shape index (κ2) is 6.60. The third-order valence-corrected chi connectivity index (χ3v) is 3.77. The lowest BCUT2D eigenvalue weighted by atomic mass is 10.2. The lowest BCUT2D eigenvalue weighted by Crippen LogP contribution is -2.12. The van der Waals surface area contributed by atoms with Crippen molar-refractivity contribution in [3.63, 3.8) is 0 Å². The minimum Gasteiger partial charge on any atom is -0.322 e. The molecule has 0 unspecified atom stereocenters. The standard InChI is InChI=1S/C14H11ClN2O3S/c1-21-11-4-2-3-9(7-11)16-14(18)12-6-5-10(17(19)20)8-13(12)15/h2-8H,1H3,(H,16,18). The van der Waals surface area contributed by atoms with Crippen LogP contribution in [0.2, 0.25) is 5.02 Å². The number of nitro benzene ring substituents is 1. The molecule has 0 aliphatic rings. The Hall–Kier alpha value is -2.05. The molecule has 7 heteroatoms. The van der Waals surface area contributed by atoms with Crippen molar-refractivity contribution >= 4 is 40.6 Å². The predicted octanol–water partition coefficient (Wildman–Crippen LogP) is 4.22. The van der Waals surface area contributed by atoms with E-state index >= 15 is 0 Å². The van der Waals surface area contributed by atoms with Crippen LogP contribution in [0.1, 0.15) is 10.4 Å². The monoisotopic (exact) mass is 322 g/mol. The number of rotatable bonds is 4. The molecule has 0 spiro atoms. The Balaban J connectivity index is 2.22. The molecule has 0 aliphatic carbocycles. The Morgan fingerprint density at radius 2 is 2.05 bits per heavy atom. The summed E-state index contributed by atoms with van der Waals surface area (Å²) >= 11 is 7.49. The number of halogens is 1. The second-order valence-electron chi connectivity index (χ2n) is 4.11. The van der Waals surface area contributed by atoms with E-state index < -0.39 is 10.8 Å². The average Bonchev–Trinajstić information content (AvgIpc) is 2.47. The highest BCUT2D eigenvalue weighted by atomic mass is 35.5. The van der Waals surface area contributed by atoms with Gasteiger partial charge in [-0.1, -0.05) is 17.7 Å². The molecule has 2 rings (SSSR count). The molecule has 0 saturated heterocycles. The number of amides is 1. The number of nitrogens with one attached hydrogen (secondary N) is 1. The molecule has 21 heavy (non-hydrogen) atoms. The van der Waals surface area contributed by atoms with Crippen LogP contribution in [0.5, 0.6) is 0 Å². The Morgan fingerprint density at radius 1 is 1.29 bits per heavy atom. The van der Waals surface area contributed by atoms with Crippen molar-refractivity contribution in [1.82, 2.24) is 0 Å². The van der Waals surface area contributed by atoms with Gasteiger partial charge < -0.3 is 5.32 Å². The molecule has 2 aromatic carbocycles. The number of benzene rings is 2. The van der Waals surface area contributed by atoms with Crippen molar-refractivity contribution in [3.8, 4) is 0 Å². The van der Waals surface area contributed by atoms with Gasteiger partial charge in [0.25, 0.3) is 11.6 Å². The number of carbonyl (C=O) groups is 1. The first kappa shape index (κ1) is 15.3. The lowest BCUT2D eigenvalue weighted by molar-refractivity contribution is -0.384. The largest absolute Gasteiger partial charge is 0.322 e. The van der Waals surface area contributed by atoms with Crippen LogP contribution in [0.4, 0.5) is 11.4 Å². The Kier molecular flexibility index (Phi) is 4.82. The molecule has 0 bridgehead atoms. The quantitative estimate of drug-likeness (QED) is 0.519. The first-order valence-corrected chi connectivity index (χ1v) is 7.51. The maximum absolute atomic E-state index is 12.1. The molecular weight excluding hydrogens is 312 g/mol. The number of hydrogen-bond acceptors (Lipinski definition) is 4. The zero-order chi connectivity index (χ0) is 15.4. The van der Waals surface area contributed by atoms with Crippen LogP contribution >= 0.6 is 23.4 Å². The smallest absolute Gasteiger partial charge is 0.270 e. The van der Waals surface area contributed by atoms with Crippen molar-refractivity contribution < 1.29 is 9.72 Å². The highest BCUT2D eigenvalue weighted by Crippen LogP contribution is 2.24. The number of hydrogen-bond donors (Lipinski definition) is 1. The molecule has 0 radical (unpaired) electrons. The van der Waals surface area contributed by atoms with E-state index in [1.165, 1.54) is 12.1 Å². The van der Waals surface area contributed by atoms with E-state index in [1.54, 1.807) is 17.8 Å². The first-order valence-electron chi connectivity index (χ1n) is 5.90. The molecule has 108 valence electrons. The summed E-state index contributed by atoms with van der Waals surface area (Å²) in [5.74, 6) is -0.409. The van der Waals surface area contributed by atoms with Gasteiger partial charge in [-0.25, -0.2) is 0 Å². The minimum atomic E-state index is -0.560. The second-order valence-corrected chi connectivity index (χ2v) is 5.39. The Morgan fingerprint density at radius 3 is 2.67 bits per heavy atom. The summed E-state index contributed by atoms with van der Waals surface area (Å²) in [6.45, 7) is 0. The SMILES string of the molecule is CSc1cccc(NC(=O)c2ccc([N+](=O)[O-])cc2Cl)c1. The summed E-state index contributed by atoms with van der Waals surface area (Å²) in [6.07, 6.45) is 1.94. The van der Waals surface area contributed by atoms with E-state index in [-0.39, 0.29) is 16.3 Å². The van der Waals surface area contributed by atoms with Gasteiger partial charge in [0.1, 0.15) is 0 Å². The fourth-order valence-corrected chi connectivity index (χ4v) is 2.42. The van der Waals surface area contributed by atoms with Crippen LogP contribution < -0.4 is 5.32 Å². The normalized spacial score (nSPS) is 10.2. The van der Waals surface area contributed by atoms with Crippen LogP contribution in [0.3, 0.4) is 0 Å². The van der Waals surface area contributed by atoms with Crippen molar-refractivity contribution in [2.24, 2.45) is 0 Å². The topological polar surface area (TPSA) is 72.2 Å². The Labute approximate surface area is 130 Å². The average molecular weight is 323 g/mol. The highest BCUT2D eigenvalue weighted by Gasteiger charge is 2.15. The van der Waals surface area contributed by atoms with Crippen molar-refractivity contribution in [2.75, 3.05) is 11.6 Å². The fourth-order valence-electron chi connectivity index (χ4n) is 1.70. The van der Waals surface area contributed by atoms with E-state index in [2.05, 4.69) is 5.32 Å². The Bertz CT molecular complexity index is 706. The molecule has 0 saturated carbocycles. The number of non-ortho nitro benzene ring substituents is 1. The number of carbonyl (C=O) groups excluding carboxylic acids is 1. The van der Waals surface area contributed by atoms with Gasteiger partial charge >= 0.3 is 0 Å². The van der Waals surface area contributed by atoms with Gasteiger partial charge in [0.2, 0.25) is 0 Å². The third-order valence-electron chi connectivity index (χ3n) is 2.74.